The number of aromatic nitrogens is 3. The van der Waals surface area contributed by atoms with Gasteiger partial charge in [0.1, 0.15) is 11.6 Å². The monoisotopic (exact) mass is 260 g/mol. The van der Waals surface area contributed by atoms with E-state index in [-0.39, 0.29) is 12.0 Å². The van der Waals surface area contributed by atoms with Crippen molar-refractivity contribution in [2.75, 3.05) is 18.5 Å². The van der Waals surface area contributed by atoms with Gasteiger partial charge in [-0.3, -0.25) is 4.57 Å². The van der Waals surface area contributed by atoms with Gasteiger partial charge in [0.05, 0.1) is 11.9 Å². The van der Waals surface area contributed by atoms with Crippen molar-refractivity contribution in [3.05, 3.63) is 36.5 Å². The Morgan fingerprint density at radius 1 is 1.32 bits per heavy atom. The second kappa shape index (κ2) is 5.40. The van der Waals surface area contributed by atoms with Crippen LogP contribution in [0.2, 0.25) is 0 Å². The maximum atomic E-state index is 9.21. The Labute approximate surface area is 113 Å². The fourth-order valence-electron chi connectivity index (χ4n) is 1.65. The molecule has 2 aromatic heterocycles. The van der Waals surface area contributed by atoms with E-state index in [1.54, 1.807) is 12.4 Å². The molecule has 2 rings (SSSR count). The lowest BCUT2D eigenvalue weighted by molar-refractivity contribution is 0.171. The first-order valence-corrected chi connectivity index (χ1v) is 6.33. The predicted molar refractivity (Wildman–Crippen MR) is 75.5 cm³/mol. The molecule has 0 atom stereocenters. The van der Waals surface area contributed by atoms with E-state index in [9.17, 15) is 5.11 Å². The van der Waals surface area contributed by atoms with Crippen LogP contribution in [0.1, 0.15) is 19.7 Å². The van der Waals surface area contributed by atoms with Crippen molar-refractivity contribution in [1.29, 1.82) is 0 Å². The Kier molecular flexibility index (Phi) is 3.85. The number of aryl methyl sites for hydroxylation is 1. The molecule has 0 unspecified atom stereocenters. The standard InChI is InChI=1S/C14H20N4O/c1-11-15-6-7-18(11)13-5-4-12(8-16-13)17-9-14(2,3)10-19/h4-8,17,19H,9-10H2,1-3H3. The average molecular weight is 260 g/mol. The predicted octanol–water partition coefficient (Wildman–Crippen LogP) is 2.01. The van der Waals surface area contributed by atoms with Crippen molar-refractivity contribution in [3.63, 3.8) is 0 Å². The molecule has 0 aliphatic heterocycles. The number of hydrogen-bond donors (Lipinski definition) is 2. The Morgan fingerprint density at radius 2 is 2.11 bits per heavy atom. The lowest BCUT2D eigenvalue weighted by Crippen LogP contribution is -2.26. The van der Waals surface area contributed by atoms with Crippen LogP contribution in [0.25, 0.3) is 5.82 Å². The highest BCUT2D eigenvalue weighted by atomic mass is 16.3. The third kappa shape index (κ3) is 3.32. The summed E-state index contributed by atoms with van der Waals surface area (Å²) < 4.78 is 1.93. The molecule has 0 fully saturated rings. The number of anilines is 1. The van der Waals surface area contributed by atoms with Crippen LogP contribution < -0.4 is 5.32 Å². The summed E-state index contributed by atoms with van der Waals surface area (Å²) in [4.78, 5) is 8.58. The van der Waals surface area contributed by atoms with Gasteiger partial charge < -0.3 is 10.4 Å². The largest absolute Gasteiger partial charge is 0.396 e. The van der Waals surface area contributed by atoms with Crippen molar-refractivity contribution in [1.82, 2.24) is 14.5 Å². The van der Waals surface area contributed by atoms with Gasteiger partial charge in [0.2, 0.25) is 0 Å². The molecule has 0 bridgehead atoms. The number of rotatable bonds is 5. The van der Waals surface area contributed by atoms with E-state index in [0.717, 1.165) is 17.3 Å². The SMILES string of the molecule is Cc1nccn1-c1ccc(NCC(C)(C)CO)cn1. The van der Waals surface area contributed by atoms with Gasteiger partial charge in [0.15, 0.2) is 0 Å². The molecule has 0 amide bonds. The van der Waals surface area contributed by atoms with E-state index >= 15 is 0 Å². The first-order chi connectivity index (χ1) is 9.02. The molecule has 2 heterocycles. The molecule has 5 heteroatoms. The van der Waals surface area contributed by atoms with Crippen LogP contribution in [0.4, 0.5) is 5.69 Å². The van der Waals surface area contributed by atoms with E-state index in [1.807, 2.05) is 43.7 Å². The van der Waals surface area contributed by atoms with Crippen LogP contribution in [0.3, 0.4) is 0 Å². The van der Waals surface area contributed by atoms with Gasteiger partial charge in [0.25, 0.3) is 0 Å². The number of pyridine rings is 1. The first-order valence-electron chi connectivity index (χ1n) is 6.33. The number of aliphatic hydroxyl groups is 1. The average Bonchev–Trinajstić information content (AvgIpc) is 2.83. The molecule has 0 saturated carbocycles. The van der Waals surface area contributed by atoms with Crippen molar-refractivity contribution < 1.29 is 5.11 Å². The molecular weight excluding hydrogens is 240 g/mol. The molecule has 19 heavy (non-hydrogen) atoms. The van der Waals surface area contributed by atoms with Crippen LogP contribution in [0.5, 0.6) is 0 Å². The molecule has 0 spiro atoms. The lowest BCUT2D eigenvalue weighted by Gasteiger charge is -2.22. The minimum atomic E-state index is -0.139. The Morgan fingerprint density at radius 3 is 2.63 bits per heavy atom. The third-order valence-corrected chi connectivity index (χ3v) is 3.02. The van der Waals surface area contributed by atoms with Crippen LogP contribution in [0, 0.1) is 12.3 Å². The van der Waals surface area contributed by atoms with E-state index in [2.05, 4.69) is 15.3 Å². The highest BCUT2D eigenvalue weighted by molar-refractivity contribution is 5.44. The van der Waals surface area contributed by atoms with Gasteiger partial charge in [-0.25, -0.2) is 9.97 Å². The molecule has 0 radical (unpaired) electrons. The maximum Gasteiger partial charge on any atom is 0.138 e. The van der Waals surface area contributed by atoms with Gasteiger partial charge in [-0.15, -0.1) is 0 Å². The summed E-state index contributed by atoms with van der Waals surface area (Å²) in [6, 6.07) is 3.93. The van der Waals surface area contributed by atoms with E-state index in [1.165, 1.54) is 0 Å². The molecule has 2 N–H and O–H groups in total. The number of imidazole rings is 1. The molecule has 5 nitrogen and oxygen atoms in total. The molecule has 0 aliphatic carbocycles. The van der Waals surface area contributed by atoms with Crippen molar-refractivity contribution in [3.8, 4) is 5.82 Å². The van der Waals surface area contributed by atoms with Gasteiger partial charge in [-0.05, 0) is 19.1 Å². The fourth-order valence-corrected chi connectivity index (χ4v) is 1.65. The third-order valence-electron chi connectivity index (χ3n) is 3.02. The topological polar surface area (TPSA) is 63.0 Å². The van der Waals surface area contributed by atoms with Crippen LogP contribution >= 0.6 is 0 Å². The highest BCUT2D eigenvalue weighted by Gasteiger charge is 2.15. The molecule has 0 saturated heterocycles. The number of hydrogen-bond acceptors (Lipinski definition) is 4. The minimum Gasteiger partial charge on any atom is -0.396 e. The Balaban J connectivity index is 2.05. The Bertz CT molecular complexity index is 531. The molecule has 2 aromatic rings. The van der Waals surface area contributed by atoms with Gasteiger partial charge >= 0.3 is 0 Å². The number of nitrogens with zero attached hydrogens (tertiary/aromatic N) is 3. The fraction of sp³-hybridized carbons (Fsp3) is 0.429. The normalized spacial score (nSPS) is 11.6. The van der Waals surface area contributed by atoms with Crippen molar-refractivity contribution in [2.24, 2.45) is 5.41 Å². The van der Waals surface area contributed by atoms with Crippen LogP contribution in [-0.4, -0.2) is 32.8 Å². The zero-order valence-electron chi connectivity index (χ0n) is 11.6. The summed E-state index contributed by atoms with van der Waals surface area (Å²) in [6.07, 6.45) is 5.44. The molecule has 102 valence electrons. The van der Waals surface area contributed by atoms with Crippen LogP contribution in [-0.2, 0) is 0 Å². The smallest absolute Gasteiger partial charge is 0.138 e. The van der Waals surface area contributed by atoms with Crippen LogP contribution in [0.15, 0.2) is 30.7 Å². The zero-order chi connectivity index (χ0) is 13.9. The second-order valence-electron chi connectivity index (χ2n) is 5.43. The first kappa shape index (κ1) is 13.5. The van der Waals surface area contributed by atoms with Crippen molar-refractivity contribution >= 4 is 5.69 Å². The quantitative estimate of drug-likeness (QED) is 0.863. The summed E-state index contributed by atoms with van der Waals surface area (Å²) in [5, 5.41) is 12.5. The van der Waals surface area contributed by atoms with E-state index in [4.69, 9.17) is 0 Å². The number of nitrogens with one attached hydrogen (secondary N) is 1. The summed E-state index contributed by atoms with van der Waals surface area (Å²) in [7, 11) is 0. The second-order valence-corrected chi connectivity index (χ2v) is 5.43. The van der Waals surface area contributed by atoms with E-state index in [0.29, 0.717) is 6.54 Å². The maximum absolute atomic E-state index is 9.21. The Hall–Kier alpha value is -1.88. The zero-order valence-corrected chi connectivity index (χ0v) is 11.6. The molecule has 0 aromatic carbocycles. The summed E-state index contributed by atoms with van der Waals surface area (Å²) in [5.74, 6) is 1.76. The van der Waals surface area contributed by atoms with Gasteiger partial charge in [0, 0.05) is 31.0 Å². The van der Waals surface area contributed by atoms with E-state index < -0.39 is 0 Å². The summed E-state index contributed by atoms with van der Waals surface area (Å²) in [5.41, 5.74) is 0.808. The lowest BCUT2D eigenvalue weighted by atomic mass is 9.95. The molecular formula is C14H20N4O. The highest BCUT2D eigenvalue weighted by Crippen LogP contribution is 2.16. The van der Waals surface area contributed by atoms with Crippen molar-refractivity contribution in [2.45, 2.75) is 20.8 Å². The van der Waals surface area contributed by atoms with Gasteiger partial charge in [-0.2, -0.15) is 0 Å². The molecule has 0 aliphatic rings. The van der Waals surface area contributed by atoms with Gasteiger partial charge in [-0.1, -0.05) is 13.8 Å². The summed E-state index contributed by atoms with van der Waals surface area (Å²) in [6.45, 7) is 6.82. The minimum absolute atomic E-state index is 0.139. The summed E-state index contributed by atoms with van der Waals surface area (Å²) >= 11 is 0. The number of aliphatic hydroxyl groups excluding tert-OH is 1.